The van der Waals surface area contributed by atoms with E-state index in [4.69, 9.17) is 5.73 Å². The molecule has 1 amide bonds. The molecule has 1 aromatic rings. The fourth-order valence-corrected chi connectivity index (χ4v) is 1.95. The lowest BCUT2D eigenvalue weighted by atomic mass is 10.1. The van der Waals surface area contributed by atoms with E-state index in [0.717, 1.165) is 43.5 Å². The highest BCUT2D eigenvalue weighted by Gasteiger charge is 2.04. The third-order valence-electron chi connectivity index (χ3n) is 3.01. The SMILES string of the molecule is Cc1ccc(NC(=O)CCCCCCN)c(C)c1.Cl. The minimum Gasteiger partial charge on any atom is -0.330 e. The second kappa shape index (κ2) is 9.82. The zero-order valence-electron chi connectivity index (χ0n) is 11.9. The molecule has 0 saturated heterocycles. The standard InChI is InChI=1S/C15H24N2O.ClH/c1-12-8-9-14(13(2)11-12)17-15(18)7-5-3-4-6-10-16;/h8-9,11H,3-7,10,16H2,1-2H3,(H,17,18);1H. The molecule has 0 fully saturated rings. The summed E-state index contributed by atoms with van der Waals surface area (Å²) in [7, 11) is 0. The summed E-state index contributed by atoms with van der Waals surface area (Å²) < 4.78 is 0. The normalized spacial score (nSPS) is 9.84. The third-order valence-corrected chi connectivity index (χ3v) is 3.01. The maximum atomic E-state index is 11.7. The van der Waals surface area contributed by atoms with Crippen molar-refractivity contribution in [2.24, 2.45) is 5.73 Å². The van der Waals surface area contributed by atoms with E-state index >= 15 is 0 Å². The van der Waals surface area contributed by atoms with Gasteiger partial charge in [0.15, 0.2) is 0 Å². The summed E-state index contributed by atoms with van der Waals surface area (Å²) in [6.07, 6.45) is 4.79. The van der Waals surface area contributed by atoms with Crippen LogP contribution in [0.4, 0.5) is 5.69 Å². The number of halogens is 1. The molecule has 0 aliphatic carbocycles. The molecule has 3 N–H and O–H groups in total. The number of benzene rings is 1. The minimum absolute atomic E-state index is 0. The van der Waals surface area contributed by atoms with Crippen LogP contribution in [0.3, 0.4) is 0 Å². The van der Waals surface area contributed by atoms with Crippen molar-refractivity contribution in [3.63, 3.8) is 0 Å². The summed E-state index contributed by atoms with van der Waals surface area (Å²) in [4.78, 5) is 11.7. The second-order valence-electron chi connectivity index (χ2n) is 4.82. The van der Waals surface area contributed by atoms with Gasteiger partial charge >= 0.3 is 0 Å². The number of carbonyl (C=O) groups excluding carboxylic acids is 1. The Morgan fingerprint density at radius 1 is 1.16 bits per heavy atom. The van der Waals surface area contributed by atoms with E-state index in [1.807, 2.05) is 19.1 Å². The predicted octanol–water partition coefficient (Wildman–Crippen LogP) is 3.57. The van der Waals surface area contributed by atoms with Crippen LogP contribution in [0.5, 0.6) is 0 Å². The number of amides is 1. The Kier molecular flexibility index (Phi) is 9.27. The van der Waals surface area contributed by atoms with Crippen LogP contribution in [0.2, 0.25) is 0 Å². The average Bonchev–Trinajstić information content (AvgIpc) is 2.32. The Morgan fingerprint density at radius 2 is 1.84 bits per heavy atom. The summed E-state index contributed by atoms with van der Waals surface area (Å²) in [5.41, 5.74) is 8.68. The summed E-state index contributed by atoms with van der Waals surface area (Å²) in [6, 6.07) is 6.07. The Balaban J connectivity index is 0.00000324. The molecule has 0 heterocycles. The number of nitrogens with two attached hydrogens (primary N) is 1. The molecule has 0 aliphatic rings. The predicted molar refractivity (Wildman–Crippen MR) is 83.9 cm³/mol. The van der Waals surface area contributed by atoms with Crippen LogP contribution in [0, 0.1) is 13.8 Å². The quantitative estimate of drug-likeness (QED) is 0.752. The lowest BCUT2D eigenvalue weighted by Crippen LogP contribution is -2.12. The summed E-state index contributed by atoms with van der Waals surface area (Å²) in [6.45, 7) is 4.81. The lowest BCUT2D eigenvalue weighted by Gasteiger charge is -2.09. The highest BCUT2D eigenvalue weighted by molar-refractivity contribution is 5.91. The summed E-state index contributed by atoms with van der Waals surface area (Å²) in [5, 5.41) is 2.96. The van der Waals surface area contributed by atoms with Gasteiger partial charge in [0.25, 0.3) is 0 Å². The van der Waals surface area contributed by atoms with Crippen molar-refractivity contribution in [2.75, 3.05) is 11.9 Å². The topological polar surface area (TPSA) is 55.1 Å². The molecule has 19 heavy (non-hydrogen) atoms. The Morgan fingerprint density at radius 3 is 2.47 bits per heavy atom. The molecule has 4 heteroatoms. The number of nitrogens with one attached hydrogen (secondary N) is 1. The van der Waals surface area contributed by atoms with Gasteiger partial charge in [0.2, 0.25) is 5.91 Å². The zero-order chi connectivity index (χ0) is 13.4. The fraction of sp³-hybridized carbons (Fsp3) is 0.533. The van der Waals surface area contributed by atoms with Crippen molar-refractivity contribution < 1.29 is 4.79 Å². The number of anilines is 1. The lowest BCUT2D eigenvalue weighted by molar-refractivity contribution is -0.116. The molecular formula is C15H25ClN2O. The van der Waals surface area contributed by atoms with Gasteiger partial charge in [0, 0.05) is 12.1 Å². The highest BCUT2D eigenvalue weighted by atomic mass is 35.5. The van der Waals surface area contributed by atoms with Gasteiger partial charge in [-0.1, -0.05) is 30.5 Å². The summed E-state index contributed by atoms with van der Waals surface area (Å²) >= 11 is 0. The number of aryl methyl sites for hydroxylation is 2. The second-order valence-corrected chi connectivity index (χ2v) is 4.82. The van der Waals surface area contributed by atoms with Crippen molar-refractivity contribution in [1.82, 2.24) is 0 Å². The first kappa shape index (κ1) is 17.9. The van der Waals surface area contributed by atoms with Gasteiger partial charge in [-0.15, -0.1) is 12.4 Å². The van der Waals surface area contributed by atoms with Crippen LogP contribution < -0.4 is 11.1 Å². The molecule has 0 aliphatic heterocycles. The van der Waals surface area contributed by atoms with E-state index in [1.54, 1.807) is 0 Å². The maximum absolute atomic E-state index is 11.7. The van der Waals surface area contributed by atoms with Crippen LogP contribution in [0.1, 0.15) is 43.2 Å². The van der Waals surface area contributed by atoms with Crippen molar-refractivity contribution in [1.29, 1.82) is 0 Å². The molecule has 1 rings (SSSR count). The minimum atomic E-state index is 0. The summed E-state index contributed by atoms with van der Waals surface area (Å²) in [5.74, 6) is 0.106. The van der Waals surface area contributed by atoms with E-state index in [2.05, 4.69) is 18.3 Å². The average molecular weight is 285 g/mol. The largest absolute Gasteiger partial charge is 0.330 e. The molecule has 0 spiro atoms. The molecular weight excluding hydrogens is 260 g/mol. The number of hydrogen-bond acceptors (Lipinski definition) is 2. The first-order valence-electron chi connectivity index (χ1n) is 6.70. The molecule has 0 atom stereocenters. The molecule has 0 radical (unpaired) electrons. The molecule has 108 valence electrons. The highest BCUT2D eigenvalue weighted by Crippen LogP contribution is 2.16. The molecule has 3 nitrogen and oxygen atoms in total. The van der Waals surface area contributed by atoms with Gasteiger partial charge in [0.1, 0.15) is 0 Å². The van der Waals surface area contributed by atoms with Gasteiger partial charge in [-0.3, -0.25) is 4.79 Å². The Hall–Kier alpha value is -1.06. The number of unbranched alkanes of at least 4 members (excludes halogenated alkanes) is 3. The van der Waals surface area contributed by atoms with Gasteiger partial charge in [-0.2, -0.15) is 0 Å². The maximum Gasteiger partial charge on any atom is 0.224 e. The number of carbonyl (C=O) groups is 1. The first-order valence-corrected chi connectivity index (χ1v) is 6.70. The van der Waals surface area contributed by atoms with Gasteiger partial charge in [-0.05, 0) is 44.9 Å². The van der Waals surface area contributed by atoms with Crippen molar-refractivity contribution in [2.45, 2.75) is 46.0 Å². The zero-order valence-corrected chi connectivity index (χ0v) is 12.7. The number of hydrogen-bond donors (Lipinski definition) is 2. The van der Waals surface area contributed by atoms with E-state index in [-0.39, 0.29) is 18.3 Å². The van der Waals surface area contributed by atoms with Crippen molar-refractivity contribution in [3.8, 4) is 0 Å². The van der Waals surface area contributed by atoms with E-state index in [9.17, 15) is 4.79 Å². The van der Waals surface area contributed by atoms with Gasteiger partial charge in [0.05, 0.1) is 0 Å². The van der Waals surface area contributed by atoms with Crippen LogP contribution in [0.15, 0.2) is 18.2 Å². The Labute approximate surface area is 122 Å². The first-order chi connectivity index (χ1) is 8.63. The van der Waals surface area contributed by atoms with Crippen LogP contribution >= 0.6 is 12.4 Å². The molecule has 1 aromatic carbocycles. The number of rotatable bonds is 7. The van der Waals surface area contributed by atoms with Crippen molar-refractivity contribution >= 4 is 24.0 Å². The van der Waals surface area contributed by atoms with Gasteiger partial charge < -0.3 is 11.1 Å². The molecule has 0 unspecified atom stereocenters. The van der Waals surface area contributed by atoms with Crippen LogP contribution in [-0.4, -0.2) is 12.5 Å². The molecule has 0 bridgehead atoms. The van der Waals surface area contributed by atoms with Crippen LogP contribution in [0.25, 0.3) is 0 Å². The van der Waals surface area contributed by atoms with E-state index in [0.29, 0.717) is 6.42 Å². The smallest absolute Gasteiger partial charge is 0.224 e. The van der Waals surface area contributed by atoms with Crippen molar-refractivity contribution in [3.05, 3.63) is 29.3 Å². The van der Waals surface area contributed by atoms with E-state index < -0.39 is 0 Å². The fourth-order valence-electron chi connectivity index (χ4n) is 1.95. The molecule has 0 aromatic heterocycles. The molecule has 0 saturated carbocycles. The van der Waals surface area contributed by atoms with Crippen LogP contribution in [-0.2, 0) is 4.79 Å². The Bertz CT molecular complexity index is 394. The monoisotopic (exact) mass is 284 g/mol. The van der Waals surface area contributed by atoms with E-state index in [1.165, 1.54) is 5.56 Å². The third kappa shape index (κ3) is 7.19. The van der Waals surface area contributed by atoms with Gasteiger partial charge in [-0.25, -0.2) is 0 Å².